The van der Waals surface area contributed by atoms with E-state index in [2.05, 4.69) is 49.4 Å². The van der Waals surface area contributed by atoms with Crippen LogP contribution in [-0.4, -0.2) is 102 Å². The Morgan fingerprint density at radius 1 is 0.857 bits per heavy atom. The summed E-state index contributed by atoms with van der Waals surface area (Å²) in [6.45, 7) is 8.02. The second-order valence-corrected chi connectivity index (χ2v) is 10.6. The topological polar surface area (TPSA) is 112 Å². The number of hydroxylamine groups is 2. The number of nitrogens with two attached hydrogens (primary N) is 1. The first-order valence-corrected chi connectivity index (χ1v) is 14.4. The highest BCUT2D eigenvalue weighted by Crippen LogP contribution is 2.25. The quantitative estimate of drug-likeness (QED) is 0.336. The number of carbonyl (C=O) groups excluding carboxylic acids is 2. The Hall–Kier alpha value is -4.45. The fourth-order valence-electron chi connectivity index (χ4n) is 5.46. The Labute approximate surface area is 245 Å². The van der Waals surface area contributed by atoms with Gasteiger partial charge in [0, 0.05) is 88.2 Å². The number of pyridine rings is 1. The Morgan fingerprint density at radius 3 is 2.31 bits per heavy atom. The third-order valence-electron chi connectivity index (χ3n) is 7.88. The van der Waals surface area contributed by atoms with Gasteiger partial charge in [0.25, 0.3) is 5.91 Å². The number of amides is 3. The number of fused-ring (bicyclic) bond motifs is 1. The number of benzene rings is 2. The van der Waals surface area contributed by atoms with Gasteiger partial charge in [0.1, 0.15) is 5.65 Å². The molecule has 2 saturated heterocycles. The summed E-state index contributed by atoms with van der Waals surface area (Å²) in [5.74, 6) is -0.486. The molecule has 2 aromatic carbocycles. The molecule has 3 amide bonds. The van der Waals surface area contributed by atoms with Gasteiger partial charge < -0.3 is 25.3 Å². The molecule has 0 atom stereocenters. The van der Waals surface area contributed by atoms with Gasteiger partial charge in [-0.1, -0.05) is 30.3 Å². The molecule has 42 heavy (non-hydrogen) atoms. The molecule has 0 spiro atoms. The number of anilines is 2. The molecule has 218 valence electrons. The molecule has 11 nitrogen and oxygen atoms in total. The Balaban J connectivity index is 0.920. The van der Waals surface area contributed by atoms with Gasteiger partial charge in [0.15, 0.2) is 0 Å². The SMILES string of the molecule is NC(=O)c1cccn2cc(-c3ccc(N4CCN(OCCN5CCN(C(=O)Nc6ccccc6)CC5)CC4)cc3)nc12. The van der Waals surface area contributed by atoms with Gasteiger partial charge in [-0.2, -0.15) is 5.06 Å². The summed E-state index contributed by atoms with van der Waals surface area (Å²) in [6, 6.07) is 21.4. The lowest BCUT2D eigenvalue weighted by Gasteiger charge is -2.37. The van der Waals surface area contributed by atoms with Gasteiger partial charge >= 0.3 is 6.03 Å². The van der Waals surface area contributed by atoms with Crippen LogP contribution in [0.15, 0.2) is 79.1 Å². The van der Waals surface area contributed by atoms with Gasteiger partial charge in [0.05, 0.1) is 17.9 Å². The zero-order chi connectivity index (χ0) is 28.9. The summed E-state index contributed by atoms with van der Waals surface area (Å²) in [5.41, 5.74) is 10.2. The number of hydrogen-bond acceptors (Lipinski definition) is 7. The maximum absolute atomic E-state index is 12.5. The van der Waals surface area contributed by atoms with E-state index in [0.717, 1.165) is 68.4 Å². The minimum atomic E-state index is -0.486. The molecule has 4 aromatic rings. The molecule has 6 rings (SSSR count). The van der Waals surface area contributed by atoms with Gasteiger partial charge in [-0.25, -0.2) is 9.78 Å². The second kappa shape index (κ2) is 12.6. The van der Waals surface area contributed by atoms with Crippen LogP contribution < -0.4 is 16.0 Å². The van der Waals surface area contributed by atoms with Crippen molar-refractivity contribution in [3.05, 3.63) is 84.7 Å². The van der Waals surface area contributed by atoms with Crippen molar-refractivity contribution in [2.45, 2.75) is 0 Å². The summed E-state index contributed by atoms with van der Waals surface area (Å²) in [6.07, 6.45) is 3.78. The number of aromatic nitrogens is 2. The number of nitrogens with one attached hydrogen (secondary N) is 1. The fourth-order valence-corrected chi connectivity index (χ4v) is 5.46. The standard InChI is InChI=1S/C31H36N8O3/c32-29(40)27-7-4-12-38-23-28(34-30(27)38)24-8-10-26(11-9-24)36-17-19-39(20-18-36)42-22-21-35-13-15-37(16-14-35)31(41)33-25-5-2-1-3-6-25/h1-12,23H,13-22H2,(H2,32,40)(H,33,41). The van der Waals surface area contributed by atoms with Crippen LogP contribution in [0.4, 0.5) is 16.2 Å². The van der Waals surface area contributed by atoms with Crippen LogP contribution in [-0.2, 0) is 4.84 Å². The predicted molar refractivity (Wildman–Crippen MR) is 162 cm³/mol. The van der Waals surface area contributed by atoms with Gasteiger partial charge in [-0.3, -0.25) is 14.5 Å². The minimum Gasteiger partial charge on any atom is -0.369 e. The molecule has 0 bridgehead atoms. The molecule has 0 unspecified atom stereocenters. The lowest BCUT2D eigenvalue weighted by molar-refractivity contribution is -0.165. The molecule has 0 aliphatic carbocycles. The van der Waals surface area contributed by atoms with Crippen molar-refractivity contribution in [3.8, 4) is 11.3 Å². The van der Waals surface area contributed by atoms with Crippen molar-refractivity contribution in [1.29, 1.82) is 0 Å². The van der Waals surface area contributed by atoms with Crippen molar-refractivity contribution in [3.63, 3.8) is 0 Å². The number of urea groups is 1. The smallest absolute Gasteiger partial charge is 0.321 e. The first-order chi connectivity index (χ1) is 20.5. The molecule has 2 fully saturated rings. The van der Waals surface area contributed by atoms with E-state index < -0.39 is 5.91 Å². The molecule has 11 heteroatoms. The zero-order valence-corrected chi connectivity index (χ0v) is 23.6. The predicted octanol–water partition coefficient (Wildman–Crippen LogP) is 3.00. The first-order valence-electron chi connectivity index (χ1n) is 14.4. The van der Waals surface area contributed by atoms with Crippen LogP contribution in [0.1, 0.15) is 10.4 Å². The summed E-state index contributed by atoms with van der Waals surface area (Å²) in [4.78, 5) is 41.6. The summed E-state index contributed by atoms with van der Waals surface area (Å²) >= 11 is 0. The number of carbonyl (C=O) groups is 2. The largest absolute Gasteiger partial charge is 0.369 e. The number of hydrogen-bond donors (Lipinski definition) is 2. The Bertz CT molecular complexity index is 1510. The van der Waals surface area contributed by atoms with Gasteiger partial charge in [-0.05, 0) is 36.4 Å². The maximum Gasteiger partial charge on any atom is 0.321 e. The fraction of sp³-hybridized carbons (Fsp3) is 0.323. The van der Waals surface area contributed by atoms with E-state index in [0.29, 0.717) is 30.9 Å². The van der Waals surface area contributed by atoms with Gasteiger partial charge in [-0.15, -0.1) is 0 Å². The van der Waals surface area contributed by atoms with Crippen LogP contribution in [0.5, 0.6) is 0 Å². The Morgan fingerprint density at radius 2 is 1.60 bits per heavy atom. The minimum absolute atomic E-state index is 0.0430. The highest BCUT2D eigenvalue weighted by Gasteiger charge is 2.22. The van der Waals surface area contributed by atoms with E-state index in [9.17, 15) is 9.59 Å². The molecular formula is C31H36N8O3. The van der Waals surface area contributed by atoms with Crippen LogP contribution in [0.25, 0.3) is 16.9 Å². The first kappa shape index (κ1) is 27.7. The van der Waals surface area contributed by atoms with Crippen LogP contribution in [0, 0.1) is 0 Å². The Kier molecular flexibility index (Phi) is 8.31. The maximum atomic E-state index is 12.5. The summed E-state index contributed by atoms with van der Waals surface area (Å²) in [5, 5.41) is 5.02. The number of para-hydroxylation sites is 1. The van der Waals surface area contributed by atoms with E-state index in [1.807, 2.05) is 52.0 Å². The highest BCUT2D eigenvalue weighted by atomic mass is 16.7. The average molecular weight is 569 g/mol. The molecule has 2 aliphatic heterocycles. The van der Waals surface area contributed by atoms with E-state index in [-0.39, 0.29) is 6.03 Å². The third kappa shape index (κ3) is 6.38. The number of piperazine rings is 2. The van der Waals surface area contributed by atoms with E-state index >= 15 is 0 Å². The van der Waals surface area contributed by atoms with Crippen molar-refractivity contribution in [1.82, 2.24) is 24.2 Å². The molecule has 2 aromatic heterocycles. The van der Waals surface area contributed by atoms with Crippen LogP contribution in [0.3, 0.4) is 0 Å². The normalized spacial score (nSPS) is 16.6. The number of rotatable bonds is 8. The van der Waals surface area contributed by atoms with Crippen LogP contribution in [0.2, 0.25) is 0 Å². The number of primary amides is 1. The number of imidazole rings is 1. The van der Waals surface area contributed by atoms with Crippen molar-refractivity contribution in [2.75, 3.05) is 75.7 Å². The van der Waals surface area contributed by atoms with Crippen molar-refractivity contribution < 1.29 is 14.4 Å². The number of nitrogens with zero attached hydrogens (tertiary/aromatic N) is 6. The monoisotopic (exact) mass is 568 g/mol. The molecule has 3 N–H and O–H groups in total. The average Bonchev–Trinajstić information content (AvgIpc) is 3.47. The second-order valence-electron chi connectivity index (χ2n) is 10.6. The molecule has 0 saturated carbocycles. The van der Waals surface area contributed by atoms with E-state index in [1.54, 1.807) is 12.1 Å². The molecule has 4 heterocycles. The highest BCUT2D eigenvalue weighted by molar-refractivity contribution is 5.99. The van der Waals surface area contributed by atoms with Crippen molar-refractivity contribution >= 4 is 29.0 Å². The van der Waals surface area contributed by atoms with E-state index in [1.165, 1.54) is 0 Å². The lowest BCUT2D eigenvalue weighted by Crippen LogP contribution is -2.51. The van der Waals surface area contributed by atoms with Crippen molar-refractivity contribution in [2.24, 2.45) is 5.73 Å². The third-order valence-corrected chi connectivity index (χ3v) is 7.88. The van der Waals surface area contributed by atoms with Crippen LogP contribution >= 0.6 is 0 Å². The lowest BCUT2D eigenvalue weighted by atomic mass is 10.1. The summed E-state index contributed by atoms with van der Waals surface area (Å²) in [7, 11) is 0. The molecular weight excluding hydrogens is 532 g/mol. The van der Waals surface area contributed by atoms with E-state index in [4.69, 9.17) is 10.6 Å². The molecule has 2 aliphatic rings. The zero-order valence-electron chi connectivity index (χ0n) is 23.6. The summed E-state index contributed by atoms with van der Waals surface area (Å²) < 4.78 is 1.83. The van der Waals surface area contributed by atoms with Gasteiger partial charge in [0.2, 0.25) is 0 Å². The molecule has 0 radical (unpaired) electrons.